The Kier molecular flexibility index (Phi) is 6.44. The van der Waals surface area contributed by atoms with Crippen LogP contribution in [0.2, 0.25) is 0 Å². The lowest BCUT2D eigenvalue weighted by Crippen LogP contribution is -2.29. The largest absolute Gasteiger partial charge is 0.351 e. The van der Waals surface area contributed by atoms with Crippen molar-refractivity contribution in [3.63, 3.8) is 0 Å². The van der Waals surface area contributed by atoms with Crippen molar-refractivity contribution in [1.29, 1.82) is 0 Å². The molecule has 0 aliphatic carbocycles. The van der Waals surface area contributed by atoms with Gasteiger partial charge in [-0.05, 0) is 79.0 Å². The highest BCUT2D eigenvalue weighted by Gasteiger charge is 2.42. The number of aromatic nitrogens is 2. The van der Waals surface area contributed by atoms with Crippen molar-refractivity contribution in [3.8, 4) is 0 Å². The standard InChI is InChI=1S/C30H32N4S/c1-20(2)24-13-15-25(16-14-24)34-29(28(32-30(34)35)27-12-8-9-17-31-27)26-18-21(3)33(22(26)4)19-23-10-6-5-7-11-23/h5-18,20,28-29H,19H2,1-4H3,(H,32,35)/t28-,29-/m0/s1. The van der Waals surface area contributed by atoms with Crippen LogP contribution in [0.15, 0.2) is 85.1 Å². The smallest absolute Gasteiger partial charge is 0.174 e. The summed E-state index contributed by atoms with van der Waals surface area (Å²) in [6.07, 6.45) is 1.86. The summed E-state index contributed by atoms with van der Waals surface area (Å²) in [6, 6.07) is 27.8. The molecule has 0 bridgehead atoms. The van der Waals surface area contributed by atoms with Crippen molar-refractivity contribution >= 4 is 23.0 Å². The Hall–Kier alpha value is -3.44. The molecule has 5 heteroatoms. The van der Waals surface area contributed by atoms with Gasteiger partial charge >= 0.3 is 0 Å². The summed E-state index contributed by atoms with van der Waals surface area (Å²) in [6.45, 7) is 9.71. The molecule has 3 heterocycles. The molecule has 2 atom stereocenters. The van der Waals surface area contributed by atoms with E-state index in [4.69, 9.17) is 17.2 Å². The second-order valence-electron chi connectivity index (χ2n) is 9.64. The SMILES string of the molecule is Cc1cc([C@H]2[C@H](c3ccccn3)NC(=S)N2c2ccc(C(C)C)cc2)c(C)n1Cc1ccccc1. The summed E-state index contributed by atoms with van der Waals surface area (Å²) in [5, 5.41) is 4.33. The van der Waals surface area contributed by atoms with Gasteiger partial charge < -0.3 is 14.8 Å². The van der Waals surface area contributed by atoms with Crippen LogP contribution < -0.4 is 10.2 Å². The van der Waals surface area contributed by atoms with Crippen LogP contribution in [0.4, 0.5) is 5.69 Å². The topological polar surface area (TPSA) is 33.1 Å². The van der Waals surface area contributed by atoms with E-state index in [2.05, 4.69) is 109 Å². The van der Waals surface area contributed by atoms with Gasteiger partial charge in [-0.1, -0.05) is 62.4 Å². The average Bonchev–Trinajstić information content (AvgIpc) is 3.36. The highest BCUT2D eigenvalue weighted by atomic mass is 32.1. The molecular weight excluding hydrogens is 448 g/mol. The molecule has 2 aromatic carbocycles. The summed E-state index contributed by atoms with van der Waals surface area (Å²) >= 11 is 5.93. The third kappa shape index (κ3) is 4.48. The zero-order valence-corrected chi connectivity index (χ0v) is 21.6. The fraction of sp³-hybridized carbons (Fsp3) is 0.267. The average molecular weight is 481 g/mol. The number of benzene rings is 2. The minimum Gasteiger partial charge on any atom is -0.351 e. The van der Waals surface area contributed by atoms with Crippen LogP contribution in [0.5, 0.6) is 0 Å². The van der Waals surface area contributed by atoms with E-state index in [9.17, 15) is 0 Å². The molecule has 1 fully saturated rings. The summed E-state index contributed by atoms with van der Waals surface area (Å²) in [7, 11) is 0. The molecule has 178 valence electrons. The van der Waals surface area contributed by atoms with Crippen molar-refractivity contribution < 1.29 is 0 Å². The van der Waals surface area contributed by atoms with Crippen molar-refractivity contribution in [3.05, 3.63) is 119 Å². The van der Waals surface area contributed by atoms with Gasteiger partial charge in [-0.15, -0.1) is 0 Å². The van der Waals surface area contributed by atoms with Gasteiger partial charge in [0.25, 0.3) is 0 Å². The van der Waals surface area contributed by atoms with E-state index < -0.39 is 0 Å². The molecule has 0 unspecified atom stereocenters. The van der Waals surface area contributed by atoms with Crippen LogP contribution in [0.25, 0.3) is 0 Å². The Labute approximate surface area is 213 Å². The fourth-order valence-electron chi connectivity index (χ4n) is 5.11. The normalized spacial score (nSPS) is 17.7. The maximum absolute atomic E-state index is 5.93. The molecule has 1 N–H and O–H groups in total. The van der Waals surface area contributed by atoms with Crippen LogP contribution in [0.3, 0.4) is 0 Å². The Morgan fingerprint density at radius 3 is 2.31 bits per heavy atom. The van der Waals surface area contributed by atoms with E-state index in [1.54, 1.807) is 0 Å². The van der Waals surface area contributed by atoms with Gasteiger partial charge in [-0.2, -0.15) is 0 Å². The van der Waals surface area contributed by atoms with Gasteiger partial charge in [0, 0.05) is 29.8 Å². The van der Waals surface area contributed by atoms with Gasteiger partial charge in [0.05, 0.1) is 17.8 Å². The maximum Gasteiger partial charge on any atom is 0.174 e. The molecular formula is C30H32N4S. The lowest BCUT2D eigenvalue weighted by Gasteiger charge is -2.28. The number of pyridine rings is 1. The second-order valence-corrected chi connectivity index (χ2v) is 10.0. The van der Waals surface area contributed by atoms with E-state index in [1.807, 2.05) is 18.3 Å². The molecule has 1 aliphatic heterocycles. The molecule has 1 saturated heterocycles. The van der Waals surface area contributed by atoms with E-state index in [-0.39, 0.29) is 12.1 Å². The first kappa shape index (κ1) is 23.3. The fourth-order valence-corrected chi connectivity index (χ4v) is 5.45. The number of hydrogen-bond donors (Lipinski definition) is 1. The predicted octanol–water partition coefficient (Wildman–Crippen LogP) is 6.85. The molecule has 2 aromatic heterocycles. The van der Waals surface area contributed by atoms with Gasteiger partial charge in [0.1, 0.15) is 0 Å². The predicted molar refractivity (Wildman–Crippen MR) is 148 cm³/mol. The molecule has 4 aromatic rings. The zero-order chi connectivity index (χ0) is 24.5. The van der Waals surface area contributed by atoms with E-state index in [0.29, 0.717) is 5.92 Å². The summed E-state index contributed by atoms with van der Waals surface area (Å²) in [5.74, 6) is 0.488. The van der Waals surface area contributed by atoms with Gasteiger partial charge in [0.2, 0.25) is 0 Å². The van der Waals surface area contributed by atoms with E-state index >= 15 is 0 Å². The van der Waals surface area contributed by atoms with Crippen molar-refractivity contribution in [1.82, 2.24) is 14.9 Å². The first-order valence-electron chi connectivity index (χ1n) is 12.2. The maximum atomic E-state index is 5.93. The van der Waals surface area contributed by atoms with Crippen molar-refractivity contribution in [2.75, 3.05) is 4.90 Å². The van der Waals surface area contributed by atoms with E-state index in [0.717, 1.165) is 23.0 Å². The Morgan fingerprint density at radius 2 is 1.66 bits per heavy atom. The Balaban J connectivity index is 1.60. The third-order valence-corrected chi connectivity index (χ3v) is 7.37. The molecule has 35 heavy (non-hydrogen) atoms. The monoisotopic (exact) mass is 480 g/mol. The van der Waals surface area contributed by atoms with Gasteiger partial charge in [-0.25, -0.2) is 0 Å². The quantitative estimate of drug-likeness (QED) is 0.306. The zero-order valence-electron chi connectivity index (χ0n) is 20.8. The molecule has 4 nitrogen and oxygen atoms in total. The molecule has 1 aliphatic rings. The number of nitrogens with one attached hydrogen (secondary N) is 1. The van der Waals surface area contributed by atoms with Crippen LogP contribution in [0, 0.1) is 13.8 Å². The number of aryl methyl sites for hydroxylation is 1. The molecule has 0 spiro atoms. The minimum absolute atomic E-state index is 0.00183. The number of anilines is 1. The Bertz CT molecular complexity index is 1310. The number of nitrogens with zero attached hydrogens (tertiary/aromatic N) is 3. The Morgan fingerprint density at radius 1 is 0.943 bits per heavy atom. The minimum atomic E-state index is -0.0425. The molecule has 0 saturated carbocycles. The highest BCUT2D eigenvalue weighted by Crippen LogP contribution is 2.43. The molecule has 0 radical (unpaired) electrons. The van der Waals surface area contributed by atoms with Gasteiger partial charge in [-0.3, -0.25) is 4.98 Å². The van der Waals surface area contributed by atoms with Crippen LogP contribution in [0.1, 0.15) is 65.6 Å². The lowest BCUT2D eigenvalue weighted by atomic mass is 9.96. The highest BCUT2D eigenvalue weighted by molar-refractivity contribution is 7.80. The summed E-state index contributed by atoms with van der Waals surface area (Å²) in [4.78, 5) is 6.98. The first-order valence-corrected chi connectivity index (χ1v) is 12.7. The summed E-state index contributed by atoms with van der Waals surface area (Å²) in [5.41, 5.74) is 8.49. The van der Waals surface area contributed by atoms with Crippen molar-refractivity contribution in [2.24, 2.45) is 0 Å². The summed E-state index contributed by atoms with van der Waals surface area (Å²) < 4.78 is 2.40. The first-order chi connectivity index (χ1) is 16.9. The number of rotatable bonds is 6. The third-order valence-electron chi connectivity index (χ3n) is 7.05. The van der Waals surface area contributed by atoms with Crippen LogP contribution in [-0.4, -0.2) is 14.7 Å². The van der Waals surface area contributed by atoms with E-state index in [1.165, 1.54) is 28.1 Å². The lowest BCUT2D eigenvalue weighted by molar-refractivity contribution is 0.563. The number of thiocarbonyl (C=S) groups is 1. The van der Waals surface area contributed by atoms with Crippen molar-refractivity contribution in [2.45, 2.75) is 52.2 Å². The van der Waals surface area contributed by atoms with Crippen LogP contribution in [-0.2, 0) is 6.54 Å². The van der Waals surface area contributed by atoms with Gasteiger partial charge in [0.15, 0.2) is 5.11 Å². The molecule has 5 rings (SSSR count). The van der Waals surface area contributed by atoms with Crippen LogP contribution >= 0.6 is 12.2 Å². The molecule has 0 amide bonds. The second kappa shape index (κ2) is 9.67. The number of hydrogen-bond acceptors (Lipinski definition) is 2.